The molecule has 2 rings (SSSR count). The Morgan fingerprint density at radius 2 is 1.74 bits per heavy atom. The molecule has 164 valence electrons. The predicted octanol–water partition coefficient (Wildman–Crippen LogP) is 2.33. The van der Waals surface area contributed by atoms with Gasteiger partial charge < -0.3 is 4.74 Å². The molecule has 0 N–H and O–H groups in total. The number of nitriles is 1. The number of ether oxygens (including phenoxy) is 1. The molecule has 0 aliphatic carbocycles. The first-order chi connectivity index (χ1) is 14.8. The number of anilines is 1. The fraction of sp³-hybridized carbons (Fsp3) is 0.286. The lowest BCUT2D eigenvalue weighted by Crippen LogP contribution is -2.35. The van der Waals surface area contributed by atoms with E-state index in [9.17, 15) is 22.4 Å². The number of nitrogens with zero attached hydrogens (tertiary/aromatic N) is 3. The van der Waals surface area contributed by atoms with E-state index < -0.39 is 34.3 Å². The van der Waals surface area contributed by atoms with Gasteiger partial charge in [0.15, 0.2) is 6.61 Å². The number of esters is 1. The molecule has 0 unspecified atom stereocenters. The first kappa shape index (κ1) is 24.0. The Balaban J connectivity index is 1.81. The van der Waals surface area contributed by atoms with Crippen molar-refractivity contribution < 1.29 is 27.1 Å². The maximum Gasteiger partial charge on any atom is 0.306 e. The average molecular weight is 447 g/mol. The van der Waals surface area contributed by atoms with E-state index in [-0.39, 0.29) is 30.8 Å². The molecule has 31 heavy (non-hydrogen) atoms. The second-order valence-corrected chi connectivity index (χ2v) is 8.56. The number of sulfonamides is 1. The molecule has 0 radical (unpaired) electrons. The quantitative estimate of drug-likeness (QED) is 0.409. The molecule has 8 nitrogen and oxygen atoms in total. The molecule has 0 spiro atoms. The van der Waals surface area contributed by atoms with Crippen LogP contribution >= 0.6 is 0 Å². The van der Waals surface area contributed by atoms with E-state index in [0.717, 1.165) is 16.4 Å². The highest BCUT2D eigenvalue weighted by molar-refractivity contribution is 7.89. The average Bonchev–Trinajstić information content (AvgIpc) is 2.76. The molecule has 2 aromatic carbocycles. The summed E-state index contributed by atoms with van der Waals surface area (Å²) in [7, 11) is -2.45. The maximum atomic E-state index is 13.0. The number of hydrogen-bond donors (Lipinski definition) is 0. The highest BCUT2D eigenvalue weighted by Gasteiger charge is 2.21. The predicted molar refractivity (Wildman–Crippen MR) is 111 cm³/mol. The summed E-state index contributed by atoms with van der Waals surface area (Å²) in [5.74, 6) is -1.75. The number of carbonyl (C=O) groups excluding carboxylic acids is 2. The molecule has 0 saturated heterocycles. The van der Waals surface area contributed by atoms with Crippen LogP contribution in [0.25, 0.3) is 0 Å². The SMILES string of the molecule is CN(CCCC(=O)OCC(=O)N(CC#N)c1ccccc1)S(=O)(=O)c1ccc(F)cc1. The minimum atomic E-state index is -3.80. The van der Waals surface area contributed by atoms with Crippen LogP contribution in [-0.2, 0) is 24.3 Å². The van der Waals surface area contributed by atoms with Crippen LogP contribution in [0.15, 0.2) is 59.5 Å². The van der Waals surface area contributed by atoms with Crippen LogP contribution in [0.1, 0.15) is 12.8 Å². The third-order valence-electron chi connectivity index (χ3n) is 4.33. The lowest BCUT2D eigenvalue weighted by atomic mass is 10.3. The molecule has 10 heteroatoms. The first-order valence-corrected chi connectivity index (χ1v) is 10.8. The van der Waals surface area contributed by atoms with Crippen molar-refractivity contribution in [2.75, 3.05) is 31.6 Å². The normalized spacial score (nSPS) is 11.0. The molecular weight excluding hydrogens is 425 g/mol. The number of benzene rings is 2. The molecule has 0 aromatic heterocycles. The largest absolute Gasteiger partial charge is 0.456 e. The summed E-state index contributed by atoms with van der Waals surface area (Å²) >= 11 is 0. The van der Waals surface area contributed by atoms with E-state index >= 15 is 0 Å². The van der Waals surface area contributed by atoms with Crippen LogP contribution in [0.3, 0.4) is 0 Å². The summed E-state index contributed by atoms with van der Waals surface area (Å²) in [6.45, 7) is -0.682. The zero-order chi connectivity index (χ0) is 22.9. The maximum absolute atomic E-state index is 13.0. The fourth-order valence-electron chi connectivity index (χ4n) is 2.65. The van der Waals surface area contributed by atoms with Gasteiger partial charge in [-0.1, -0.05) is 18.2 Å². The van der Waals surface area contributed by atoms with Gasteiger partial charge in [0, 0.05) is 25.7 Å². The van der Waals surface area contributed by atoms with Crippen LogP contribution in [0.2, 0.25) is 0 Å². The summed E-state index contributed by atoms with van der Waals surface area (Å²) in [6, 6.07) is 14.9. The van der Waals surface area contributed by atoms with Crippen molar-refractivity contribution in [3.63, 3.8) is 0 Å². The topological polar surface area (TPSA) is 108 Å². The zero-order valence-corrected chi connectivity index (χ0v) is 17.7. The monoisotopic (exact) mass is 447 g/mol. The zero-order valence-electron chi connectivity index (χ0n) is 16.9. The van der Waals surface area contributed by atoms with Crippen molar-refractivity contribution >= 4 is 27.6 Å². The van der Waals surface area contributed by atoms with Gasteiger partial charge in [-0.05, 0) is 42.8 Å². The van der Waals surface area contributed by atoms with E-state index in [1.165, 1.54) is 24.1 Å². The van der Waals surface area contributed by atoms with Gasteiger partial charge in [0.1, 0.15) is 12.4 Å². The molecular formula is C21H22FN3O5S. The van der Waals surface area contributed by atoms with Crippen molar-refractivity contribution in [3.05, 3.63) is 60.4 Å². The summed E-state index contributed by atoms with van der Waals surface area (Å²) in [6.07, 6.45) is 0.0741. The van der Waals surface area contributed by atoms with Crippen LogP contribution in [0, 0.1) is 17.1 Å². The van der Waals surface area contributed by atoms with Crippen molar-refractivity contribution in [1.29, 1.82) is 5.26 Å². The minimum Gasteiger partial charge on any atom is -0.456 e. The molecule has 1 amide bonds. The first-order valence-electron chi connectivity index (χ1n) is 9.35. The van der Waals surface area contributed by atoms with E-state index in [1.54, 1.807) is 30.3 Å². The number of rotatable bonds is 10. The highest BCUT2D eigenvalue weighted by atomic mass is 32.2. The summed E-state index contributed by atoms with van der Waals surface area (Å²) in [5, 5.41) is 8.93. The molecule has 0 bridgehead atoms. The summed E-state index contributed by atoms with van der Waals surface area (Å²) < 4.78 is 43.8. The van der Waals surface area contributed by atoms with Gasteiger partial charge in [-0.15, -0.1) is 0 Å². The second kappa shape index (κ2) is 11.2. The Bertz CT molecular complexity index is 1040. The Kier molecular flexibility index (Phi) is 8.66. The summed E-state index contributed by atoms with van der Waals surface area (Å²) in [4.78, 5) is 25.4. The van der Waals surface area contributed by atoms with Crippen molar-refractivity contribution in [2.45, 2.75) is 17.7 Å². The third-order valence-corrected chi connectivity index (χ3v) is 6.20. The van der Waals surface area contributed by atoms with E-state index in [2.05, 4.69) is 0 Å². The smallest absolute Gasteiger partial charge is 0.306 e. The number of carbonyl (C=O) groups is 2. The number of amides is 1. The number of para-hydroxylation sites is 1. The van der Waals surface area contributed by atoms with Gasteiger partial charge in [-0.3, -0.25) is 14.5 Å². The van der Waals surface area contributed by atoms with Crippen molar-refractivity contribution in [2.24, 2.45) is 0 Å². The van der Waals surface area contributed by atoms with Crippen LogP contribution in [0.5, 0.6) is 0 Å². The van der Waals surface area contributed by atoms with Gasteiger partial charge >= 0.3 is 5.97 Å². The third kappa shape index (κ3) is 6.87. The molecule has 0 heterocycles. The fourth-order valence-corrected chi connectivity index (χ4v) is 3.86. The van der Waals surface area contributed by atoms with Gasteiger partial charge in [0.05, 0.1) is 11.0 Å². The Morgan fingerprint density at radius 3 is 2.35 bits per heavy atom. The molecule has 0 aliphatic heterocycles. The van der Waals surface area contributed by atoms with Gasteiger partial charge in [-0.25, -0.2) is 17.1 Å². The Hall–Kier alpha value is -3.29. The van der Waals surface area contributed by atoms with E-state index in [0.29, 0.717) is 5.69 Å². The standard InChI is InChI=1S/C21H22FN3O5S/c1-24(31(28,29)19-11-9-17(22)10-12-19)14-5-8-21(27)30-16-20(26)25(15-13-23)18-6-3-2-4-7-18/h2-4,6-7,9-12H,5,8,14-16H2,1H3. The van der Waals surface area contributed by atoms with Crippen molar-refractivity contribution in [1.82, 2.24) is 4.31 Å². The van der Waals surface area contributed by atoms with Crippen LogP contribution in [-0.4, -0.2) is 51.3 Å². The van der Waals surface area contributed by atoms with Gasteiger partial charge in [-0.2, -0.15) is 5.26 Å². The molecule has 0 aliphatic rings. The second-order valence-electron chi connectivity index (χ2n) is 6.52. The Labute approximate surface area is 180 Å². The molecule has 0 fully saturated rings. The minimum absolute atomic E-state index is 0.0350. The number of halogens is 1. The van der Waals surface area contributed by atoms with E-state index in [1.807, 2.05) is 6.07 Å². The van der Waals surface area contributed by atoms with Gasteiger partial charge in [0.25, 0.3) is 5.91 Å². The van der Waals surface area contributed by atoms with Crippen LogP contribution in [0.4, 0.5) is 10.1 Å². The summed E-state index contributed by atoms with van der Waals surface area (Å²) in [5.41, 5.74) is 0.512. The van der Waals surface area contributed by atoms with Gasteiger partial charge in [0.2, 0.25) is 10.0 Å². The Morgan fingerprint density at radius 1 is 1.10 bits per heavy atom. The molecule has 2 aromatic rings. The van der Waals surface area contributed by atoms with Crippen LogP contribution < -0.4 is 4.90 Å². The molecule has 0 saturated carbocycles. The van der Waals surface area contributed by atoms with Crippen molar-refractivity contribution in [3.8, 4) is 6.07 Å². The number of hydrogen-bond acceptors (Lipinski definition) is 6. The lowest BCUT2D eigenvalue weighted by Gasteiger charge is -2.19. The lowest BCUT2D eigenvalue weighted by molar-refractivity contribution is -0.147. The highest BCUT2D eigenvalue weighted by Crippen LogP contribution is 2.16. The van der Waals surface area contributed by atoms with E-state index in [4.69, 9.17) is 10.00 Å². The molecule has 0 atom stereocenters.